The summed E-state index contributed by atoms with van der Waals surface area (Å²) in [6.07, 6.45) is 0. The van der Waals surface area contributed by atoms with Gasteiger partial charge >= 0.3 is 0 Å². The summed E-state index contributed by atoms with van der Waals surface area (Å²) >= 11 is 10.4. The Bertz CT molecular complexity index is 471. The molecule has 13 heteroatoms. The molecule has 6 N–H and O–H groups in total. The number of nitrogens with one attached hydrogen (secondary N) is 2. The largest absolute Gasteiger partial charge is 0.365 e. The number of amides is 3. The van der Waals surface area contributed by atoms with E-state index in [0.717, 1.165) is 0 Å². The molecule has 0 fully saturated rings. The van der Waals surface area contributed by atoms with Gasteiger partial charge in [-0.1, -0.05) is 0 Å². The molecule has 0 aliphatic heterocycles. The SMILES string of the molecule is NC(=O)[C@@](F)(CS)NC(=O)C(F)(CS)NC(=O)[C@@](N)(F)CS. The lowest BCUT2D eigenvalue weighted by Gasteiger charge is -2.30. The minimum Gasteiger partial charge on any atom is -0.365 e. The van der Waals surface area contributed by atoms with E-state index < -0.39 is 52.4 Å². The van der Waals surface area contributed by atoms with Crippen molar-refractivity contribution in [3.05, 3.63) is 0 Å². The van der Waals surface area contributed by atoms with Crippen molar-refractivity contribution < 1.29 is 27.6 Å². The minimum atomic E-state index is -3.35. The molecule has 0 radical (unpaired) electrons. The number of carbonyl (C=O) groups excluding carboxylic acids is 3. The summed E-state index contributed by atoms with van der Waals surface area (Å²) in [4.78, 5) is 34.0. The smallest absolute Gasteiger partial charge is 0.282 e. The van der Waals surface area contributed by atoms with Crippen molar-refractivity contribution in [2.45, 2.75) is 17.4 Å². The molecule has 0 heterocycles. The summed E-state index contributed by atoms with van der Waals surface area (Å²) < 4.78 is 41.7. The van der Waals surface area contributed by atoms with Crippen LogP contribution in [0.15, 0.2) is 0 Å². The molecular formula is C9H15F3N4O3S3. The minimum absolute atomic E-state index is 0.811. The molecule has 7 nitrogen and oxygen atoms in total. The molecule has 3 amide bonds. The summed E-state index contributed by atoms with van der Waals surface area (Å²) in [6, 6.07) is 0. The maximum atomic E-state index is 14.4. The third kappa shape index (κ3) is 4.86. The van der Waals surface area contributed by atoms with Crippen LogP contribution in [0.25, 0.3) is 0 Å². The molecule has 22 heavy (non-hydrogen) atoms. The van der Waals surface area contributed by atoms with Crippen LogP contribution in [-0.4, -0.2) is 52.4 Å². The van der Waals surface area contributed by atoms with Gasteiger partial charge in [0, 0.05) is 5.75 Å². The molecule has 1 unspecified atom stereocenters. The first-order chi connectivity index (χ1) is 9.88. The lowest BCUT2D eigenvalue weighted by Crippen LogP contribution is -2.67. The third-order valence-electron chi connectivity index (χ3n) is 2.42. The van der Waals surface area contributed by atoms with Crippen molar-refractivity contribution in [3.8, 4) is 0 Å². The van der Waals surface area contributed by atoms with E-state index in [4.69, 9.17) is 11.5 Å². The van der Waals surface area contributed by atoms with E-state index in [0.29, 0.717) is 0 Å². The van der Waals surface area contributed by atoms with Gasteiger partial charge in [0.1, 0.15) is 0 Å². The monoisotopic (exact) mass is 380 g/mol. The highest BCUT2D eigenvalue weighted by atomic mass is 32.1. The Kier molecular flexibility index (Phi) is 7.38. The fourth-order valence-corrected chi connectivity index (χ4v) is 1.58. The molecule has 0 aromatic heterocycles. The summed E-state index contributed by atoms with van der Waals surface area (Å²) in [7, 11) is 0. The average Bonchev–Trinajstić information content (AvgIpc) is 2.46. The first kappa shape index (κ1) is 21.2. The van der Waals surface area contributed by atoms with Gasteiger partial charge < -0.3 is 16.4 Å². The molecule has 128 valence electrons. The van der Waals surface area contributed by atoms with E-state index in [1.807, 2.05) is 0 Å². The number of hydrogen-bond acceptors (Lipinski definition) is 7. The fourth-order valence-electron chi connectivity index (χ4n) is 0.982. The standard InChI is InChI=1S/C9H15F3N4O3S3/c10-7(14,1-20)5(18)15-9(12,3-22)6(19)16-8(11,2-21)4(13)17/h20-22H,1-3,14H2,(H2,13,17)(H,15,18)(H,16,19)/t7-,8-,9?/m1/s1. The van der Waals surface area contributed by atoms with Crippen molar-refractivity contribution in [1.82, 2.24) is 10.6 Å². The van der Waals surface area contributed by atoms with E-state index >= 15 is 0 Å². The van der Waals surface area contributed by atoms with Gasteiger partial charge in [0.25, 0.3) is 29.3 Å². The molecule has 0 rings (SSSR count). The molecule has 0 saturated heterocycles. The Labute approximate surface area is 140 Å². The molecule has 0 aliphatic rings. The number of hydrogen-bond donors (Lipinski definition) is 7. The van der Waals surface area contributed by atoms with Crippen LogP contribution in [0.4, 0.5) is 13.2 Å². The van der Waals surface area contributed by atoms with Crippen LogP contribution in [0, 0.1) is 0 Å². The van der Waals surface area contributed by atoms with E-state index in [1.165, 1.54) is 10.6 Å². The maximum Gasteiger partial charge on any atom is 0.282 e. The topological polar surface area (TPSA) is 127 Å². The molecule has 0 spiro atoms. The summed E-state index contributed by atoms with van der Waals surface area (Å²) in [6.45, 7) is 0. The van der Waals surface area contributed by atoms with Gasteiger partial charge in [-0.05, 0) is 0 Å². The van der Waals surface area contributed by atoms with Gasteiger partial charge in [0.05, 0.1) is 11.5 Å². The zero-order chi connectivity index (χ0) is 17.8. The predicted octanol–water partition coefficient (Wildman–Crippen LogP) is -1.55. The Morgan fingerprint density at radius 2 is 1.27 bits per heavy atom. The van der Waals surface area contributed by atoms with Gasteiger partial charge in [0.15, 0.2) is 0 Å². The van der Waals surface area contributed by atoms with Crippen molar-refractivity contribution in [1.29, 1.82) is 0 Å². The number of halogens is 3. The van der Waals surface area contributed by atoms with Crippen molar-refractivity contribution >= 4 is 55.6 Å². The van der Waals surface area contributed by atoms with Crippen molar-refractivity contribution in [2.75, 3.05) is 17.3 Å². The number of carbonyl (C=O) groups is 3. The predicted molar refractivity (Wildman–Crippen MR) is 82.7 cm³/mol. The number of rotatable bonds is 8. The number of nitrogens with two attached hydrogens (primary N) is 2. The lowest BCUT2D eigenvalue weighted by atomic mass is 10.2. The van der Waals surface area contributed by atoms with Crippen molar-refractivity contribution in [2.24, 2.45) is 11.5 Å². The van der Waals surface area contributed by atoms with E-state index in [1.54, 1.807) is 0 Å². The molecule has 0 aromatic carbocycles. The fraction of sp³-hybridized carbons (Fsp3) is 0.667. The number of primary amides is 1. The normalized spacial score (nSPS) is 19.2. The molecule has 0 saturated carbocycles. The third-order valence-corrected chi connectivity index (χ3v) is 3.75. The highest BCUT2D eigenvalue weighted by Gasteiger charge is 2.48. The first-order valence-electron chi connectivity index (χ1n) is 5.52. The number of alkyl halides is 3. The zero-order valence-corrected chi connectivity index (χ0v) is 13.7. The average molecular weight is 380 g/mol. The van der Waals surface area contributed by atoms with Gasteiger partial charge in [-0.3, -0.25) is 20.1 Å². The second-order valence-electron chi connectivity index (χ2n) is 4.21. The highest BCUT2D eigenvalue weighted by Crippen LogP contribution is 2.17. The molecule has 0 aliphatic carbocycles. The first-order valence-corrected chi connectivity index (χ1v) is 7.41. The van der Waals surface area contributed by atoms with Gasteiger partial charge in [-0.25, -0.2) is 13.2 Å². The second-order valence-corrected chi connectivity index (χ2v) is 5.16. The van der Waals surface area contributed by atoms with Crippen molar-refractivity contribution in [3.63, 3.8) is 0 Å². The Balaban J connectivity index is 5.27. The zero-order valence-electron chi connectivity index (χ0n) is 11.0. The van der Waals surface area contributed by atoms with Crippen LogP contribution in [0.5, 0.6) is 0 Å². The second kappa shape index (κ2) is 7.66. The Morgan fingerprint density at radius 3 is 1.59 bits per heavy atom. The summed E-state index contributed by atoms with van der Waals surface area (Å²) in [5.41, 5.74) is 9.59. The molecule has 0 aromatic rings. The van der Waals surface area contributed by atoms with Crippen LogP contribution in [0.2, 0.25) is 0 Å². The van der Waals surface area contributed by atoms with Gasteiger partial charge in [-0.2, -0.15) is 37.9 Å². The summed E-state index contributed by atoms with van der Waals surface area (Å²) in [5.74, 6) is -17.5. The van der Waals surface area contributed by atoms with Crippen LogP contribution in [-0.2, 0) is 14.4 Å². The van der Waals surface area contributed by atoms with E-state index in [2.05, 4.69) is 37.9 Å². The van der Waals surface area contributed by atoms with Gasteiger partial charge in [-0.15, -0.1) is 0 Å². The Morgan fingerprint density at radius 1 is 0.864 bits per heavy atom. The molecular weight excluding hydrogens is 365 g/mol. The van der Waals surface area contributed by atoms with Crippen LogP contribution in [0.1, 0.15) is 0 Å². The van der Waals surface area contributed by atoms with Crippen LogP contribution < -0.4 is 22.1 Å². The van der Waals surface area contributed by atoms with Crippen LogP contribution in [0.3, 0.4) is 0 Å². The van der Waals surface area contributed by atoms with E-state index in [-0.39, 0.29) is 0 Å². The molecule has 3 atom stereocenters. The number of thiol groups is 3. The Hall–Kier alpha value is -0.790. The summed E-state index contributed by atoms with van der Waals surface area (Å²) in [5, 5.41) is 2.66. The lowest BCUT2D eigenvalue weighted by molar-refractivity contribution is -0.149. The van der Waals surface area contributed by atoms with Gasteiger partial charge in [0.2, 0.25) is 5.79 Å². The van der Waals surface area contributed by atoms with E-state index in [9.17, 15) is 27.6 Å². The maximum absolute atomic E-state index is 14.4. The highest BCUT2D eigenvalue weighted by molar-refractivity contribution is 7.80. The molecule has 0 bridgehead atoms. The quantitative estimate of drug-likeness (QED) is 0.203. The van der Waals surface area contributed by atoms with Crippen LogP contribution >= 0.6 is 37.9 Å².